The fourth-order valence-corrected chi connectivity index (χ4v) is 2.93. The van der Waals surface area contributed by atoms with Crippen molar-refractivity contribution in [3.05, 3.63) is 27.1 Å². The third kappa shape index (κ3) is 3.08. The largest absolute Gasteiger partial charge is 0.342 e. The minimum Gasteiger partial charge on any atom is -0.342 e. The van der Waals surface area contributed by atoms with Crippen LogP contribution < -0.4 is 5.32 Å². The first-order chi connectivity index (χ1) is 7.77. The van der Waals surface area contributed by atoms with Gasteiger partial charge in [-0.25, -0.2) is 0 Å². The molecule has 1 heterocycles. The maximum absolute atomic E-state index is 4.56. The normalized spacial score (nSPS) is 16.5. The van der Waals surface area contributed by atoms with Gasteiger partial charge in [-0.1, -0.05) is 12.5 Å². The molecule has 0 radical (unpaired) electrons. The molecule has 0 saturated heterocycles. The predicted molar refractivity (Wildman–Crippen MR) is 76.2 cm³/mol. The Bertz CT molecular complexity index is 382. The Morgan fingerprint density at radius 3 is 2.56 bits per heavy atom. The van der Waals surface area contributed by atoms with Gasteiger partial charge in [0.2, 0.25) is 0 Å². The third-order valence-corrected chi connectivity index (χ3v) is 3.93. The number of hydrogen-bond acceptors (Lipinski definition) is 2. The van der Waals surface area contributed by atoms with Crippen molar-refractivity contribution in [1.29, 1.82) is 0 Å². The second-order valence-electron chi connectivity index (χ2n) is 3.86. The Balaban J connectivity index is 2.16. The lowest BCUT2D eigenvalue weighted by Crippen LogP contribution is -2.12. The van der Waals surface area contributed by atoms with Gasteiger partial charge in [0.15, 0.2) is 0 Å². The van der Waals surface area contributed by atoms with Gasteiger partial charge in [-0.3, -0.25) is 4.99 Å². The van der Waals surface area contributed by atoms with Crippen molar-refractivity contribution in [2.75, 3.05) is 11.9 Å². The average molecular weight is 346 g/mol. The van der Waals surface area contributed by atoms with Gasteiger partial charge in [0.05, 0.1) is 5.69 Å². The van der Waals surface area contributed by atoms with Gasteiger partial charge in [-0.15, -0.1) is 0 Å². The molecule has 86 valence electrons. The minimum atomic E-state index is 0.949. The van der Waals surface area contributed by atoms with Crippen LogP contribution in [0.15, 0.2) is 32.1 Å². The standard InChI is InChI=1S/C12H14Br2N2/c13-9-5-4-6-10(14)12(9)16-11-7-2-1-3-8-15-11/h4-6H,1-3,7-8H2,(H,15,16). The molecule has 0 saturated carbocycles. The average Bonchev–Trinajstić information content (AvgIpc) is 2.52. The van der Waals surface area contributed by atoms with Crippen LogP contribution in [0.25, 0.3) is 0 Å². The fourth-order valence-electron chi connectivity index (χ4n) is 1.74. The summed E-state index contributed by atoms with van der Waals surface area (Å²) < 4.78 is 2.13. The van der Waals surface area contributed by atoms with Gasteiger partial charge in [-0.05, 0) is 56.8 Å². The monoisotopic (exact) mass is 344 g/mol. The van der Waals surface area contributed by atoms with E-state index in [1.165, 1.54) is 19.3 Å². The number of para-hydroxylation sites is 1. The smallest absolute Gasteiger partial charge is 0.101 e. The van der Waals surface area contributed by atoms with Crippen LogP contribution in [-0.2, 0) is 0 Å². The number of amidine groups is 1. The molecule has 1 aliphatic heterocycles. The number of rotatable bonds is 1. The van der Waals surface area contributed by atoms with Crippen LogP contribution in [0.5, 0.6) is 0 Å². The van der Waals surface area contributed by atoms with Crippen LogP contribution >= 0.6 is 31.9 Å². The summed E-state index contributed by atoms with van der Waals surface area (Å²) in [5.41, 5.74) is 1.07. The topological polar surface area (TPSA) is 24.4 Å². The molecule has 16 heavy (non-hydrogen) atoms. The molecule has 0 aromatic heterocycles. The van der Waals surface area contributed by atoms with Crippen molar-refractivity contribution in [1.82, 2.24) is 0 Å². The second-order valence-corrected chi connectivity index (χ2v) is 5.57. The highest BCUT2D eigenvalue weighted by atomic mass is 79.9. The van der Waals surface area contributed by atoms with Gasteiger partial charge in [-0.2, -0.15) is 0 Å². The first-order valence-electron chi connectivity index (χ1n) is 5.52. The highest BCUT2D eigenvalue weighted by Crippen LogP contribution is 2.31. The summed E-state index contributed by atoms with van der Waals surface area (Å²) in [7, 11) is 0. The molecule has 1 aliphatic rings. The maximum atomic E-state index is 4.56. The van der Waals surface area contributed by atoms with E-state index in [0.29, 0.717) is 0 Å². The Morgan fingerprint density at radius 1 is 1.06 bits per heavy atom. The van der Waals surface area contributed by atoms with E-state index in [1.807, 2.05) is 18.2 Å². The van der Waals surface area contributed by atoms with Crippen LogP contribution in [0.1, 0.15) is 25.7 Å². The molecule has 4 heteroatoms. The molecule has 1 aromatic rings. The van der Waals surface area contributed by atoms with Crippen molar-refractivity contribution >= 4 is 43.4 Å². The Hall–Kier alpha value is -0.350. The number of aliphatic imine (C=N–C) groups is 1. The SMILES string of the molecule is Brc1cccc(Br)c1NC1=NCCCCC1. The van der Waals surface area contributed by atoms with E-state index in [0.717, 1.165) is 33.4 Å². The van der Waals surface area contributed by atoms with Crippen LogP contribution in [0.2, 0.25) is 0 Å². The third-order valence-electron chi connectivity index (χ3n) is 2.61. The predicted octanol–water partition coefficient (Wildman–Crippen LogP) is 4.60. The lowest BCUT2D eigenvalue weighted by atomic mass is 10.2. The molecule has 0 unspecified atom stereocenters. The molecular formula is C12H14Br2N2. The number of anilines is 1. The molecule has 1 aromatic carbocycles. The summed E-state index contributed by atoms with van der Waals surface area (Å²) in [6, 6.07) is 6.07. The van der Waals surface area contributed by atoms with Crippen molar-refractivity contribution in [3.63, 3.8) is 0 Å². The van der Waals surface area contributed by atoms with Gasteiger partial charge in [0.25, 0.3) is 0 Å². The first-order valence-corrected chi connectivity index (χ1v) is 7.10. The number of halogens is 2. The van der Waals surface area contributed by atoms with Crippen molar-refractivity contribution in [2.24, 2.45) is 4.99 Å². The fraction of sp³-hybridized carbons (Fsp3) is 0.417. The van der Waals surface area contributed by atoms with E-state index in [-0.39, 0.29) is 0 Å². The van der Waals surface area contributed by atoms with Crippen molar-refractivity contribution in [3.8, 4) is 0 Å². The Morgan fingerprint density at radius 2 is 1.81 bits per heavy atom. The first kappa shape index (κ1) is 12.1. The number of benzene rings is 1. The van der Waals surface area contributed by atoms with Gasteiger partial charge < -0.3 is 5.32 Å². The lowest BCUT2D eigenvalue weighted by molar-refractivity contribution is 0.731. The van der Waals surface area contributed by atoms with E-state index in [1.54, 1.807) is 0 Å². The van der Waals surface area contributed by atoms with Gasteiger partial charge in [0, 0.05) is 21.9 Å². The molecule has 2 nitrogen and oxygen atoms in total. The molecule has 1 N–H and O–H groups in total. The number of nitrogens with one attached hydrogen (secondary N) is 1. The molecule has 0 spiro atoms. The van der Waals surface area contributed by atoms with E-state index < -0.39 is 0 Å². The quantitative estimate of drug-likeness (QED) is 0.790. The molecule has 2 rings (SSSR count). The lowest BCUT2D eigenvalue weighted by Gasteiger charge is -2.11. The summed E-state index contributed by atoms with van der Waals surface area (Å²) in [5, 5.41) is 3.41. The maximum Gasteiger partial charge on any atom is 0.101 e. The van der Waals surface area contributed by atoms with E-state index in [9.17, 15) is 0 Å². The highest BCUT2D eigenvalue weighted by molar-refractivity contribution is 9.11. The number of hydrogen-bond donors (Lipinski definition) is 1. The summed E-state index contributed by atoms with van der Waals surface area (Å²) in [6.07, 6.45) is 4.77. The summed E-state index contributed by atoms with van der Waals surface area (Å²) in [4.78, 5) is 4.56. The van der Waals surface area contributed by atoms with E-state index in [4.69, 9.17) is 0 Å². The Kier molecular flexibility index (Phi) is 4.41. The van der Waals surface area contributed by atoms with Crippen LogP contribution in [-0.4, -0.2) is 12.4 Å². The van der Waals surface area contributed by atoms with Crippen LogP contribution in [0.3, 0.4) is 0 Å². The van der Waals surface area contributed by atoms with Gasteiger partial charge in [0.1, 0.15) is 5.84 Å². The molecular weight excluding hydrogens is 332 g/mol. The zero-order valence-corrected chi connectivity index (χ0v) is 12.1. The van der Waals surface area contributed by atoms with E-state index >= 15 is 0 Å². The molecule has 0 amide bonds. The Labute approximate surface area is 113 Å². The molecule has 0 atom stereocenters. The molecule has 0 aliphatic carbocycles. The summed E-state index contributed by atoms with van der Waals surface area (Å²) in [6.45, 7) is 0.949. The van der Waals surface area contributed by atoms with Crippen LogP contribution in [0, 0.1) is 0 Å². The zero-order valence-electron chi connectivity index (χ0n) is 8.97. The van der Waals surface area contributed by atoms with Gasteiger partial charge >= 0.3 is 0 Å². The zero-order chi connectivity index (χ0) is 11.4. The van der Waals surface area contributed by atoms with Crippen molar-refractivity contribution in [2.45, 2.75) is 25.7 Å². The molecule has 0 bridgehead atoms. The number of nitrogens with zero attached hydrogens (tertiary/aromatic N) is 1. The van der Waals surface area contributed by atoms with Crippen molar-refractivity contribution < 1.29 is 0 Å². The highest BCUT2D eigenvalue weighted by Gasteiger charge is 2.09. The van der Waals surface area contributed by atoms with Crippen LogP contribution in [0.4, 0.5) is 5.69 Å². The van der Waals surface area contributed by atoms with E-state index in [2.05, 4.69) is 42.2 Å². The summed E-state index contributed by atoms with van der Waals surface area (Å²) in [5.74, 6) is 1.10. The second kappa shape index (κ2) is 5.82. The summed E-state index contributed by atoms with van der Waals surface area (Å²) >= 11 is 7.09. The molecule has 0 fully saturated rings. The minimum absolute atomic E-state index is 0.949.